The predicted octanol–water partition coefficient (Wildman–Crippen LogP) is 4.23. The summed E-state index contributed by atoms with van der Waals surface area (Å²) in [6, 6.07) is 6.35. The zero-order chi connectivity index (χ0) is 17.7. The molecule has 3 amide bonds. The normalized spacial score (nSPS) is 10.3. The number of anilines is 2. The summed E-state index contributed by atoms with van der Waals surface area (Å²) in [6.07, 6.45) is 0. The number of hydrogen-bond donors (Lipinski definition) is 2. The molecular formula is C16H19ClN4O2S. The van der Waals surface area contributed by atoms with Crippen molar-refractivity contribution in [1.29, 1.82) is 0 Å². The van der Waals surface area contributed by atoms with Gasteiger partial charge in [-0.15, -0.1) is 0 Å². The number of aromatic nitrogens is 1. The van der Waals surface area contributed by atoms with E-state index in [1.54, 1.807) is 36.1 Å². The van der Waals surface area contributed by atoms with Gasteiger partial charge < -0.3 is 10.2 Å². The number of nitrogens with one attached hydrogen (secondary N) is 2. The summed E-state index contributed by atoms with van der Waals surface area (Å²) in [6.45, 7) is 6.88. The molecule has 0 fully saturated rings. The van der Waals surface area contributed by atoms with Crippen molar-refractivity contribution in [3.05, 3.63) is 39.9 Å². The minimum atomic E-state index is -0.423. The topological polar surface area (TPSA) is 74.3 Å². The van der Waals surface area contributed by atoms with Crippen molar-refractivity contribution in [3.63, 3.8) is 0 Å². The molecule has 24 heavy (non-hydrogen) atoms. The number of urea groups is 1. The van der Waals surface area contributed by atoms with E-state index >= 15 is 0 Å². The number of halogens is 1. The van der Waals surface area contributed by atoms with Crippen molar-refractivity contribution < 1.29 is 9.59 Å². The maximum atomic E-state index is 12.4. The zero-order valence-electron chi connectivity index (χ0n) is 13.7. The number of rotatable bonds is 5. The van der Waals surface area contributed by atoms with Crippen molar-refractivity contribution in [2.24, 2.45) is 0 Å². The predicted molar refractivity (Wildman–Crippen MR) is 98.2 cm³/mol. The molecule has 1 aromatic heterocycles. The average Bonchev–Trinajstić information content (AvgIpc) is 2.91. The lowest BCUT2D eigenvalue weighted by Gasteiger charge is -2.17. The summed E-state index contributed by atoms with van der Waals surface area (Å²) >= 11 is 6.98. The molecule has 0 aliphatic heterocycles. The highest BCUT2D eigenvalue weighted by Gasteiger charge is 2.20. The molecule has 0 bridgehead atoms. The quantitative estimate of drug-likeness (QED) is 0.831. The van der Waals surface area contributed by atoms with Crippen LogP contribution in [0.25, 0.3) is 0 Å². The number of hydrogen-bond acceptors (Lipinski definition) is 4. The molecule has 6 nitrogen and oxygen atoms in total. The third-order valence-electron chi connectivity index (χ3n) is 3.36. The molecule has 2 N–H and O–H groups in total. The van der Waals surface area contributed by atoms with Gasteiger partial charge in [-0.25, -0.2) is 9.78 Å². The molecule has 2 aromatic rings. The van der Waals surface area contributed by atoms with Gasteiger partial charge in [0, 0.05) is 23.8 Å². The van der Waals surface area contributed by atoms with E-state index in [0.717, 1.165) is 0 Å². The molecular weight excluding hydrogens is 348 g/mol. The molecule has 2 rings (SSSR count). The van der Waals surface area contributed by atoms with Gasteiger partial charge in [-0.3, -0.25) is 10.1 Å². The van der Waals surface area contributed by atoms with E-state index in [-0.39, 0.29) is 5.91 Å². The number of carbonyl (C=O) groups excluding carboxylic acids is 2. The Bertz CT molecular complexity index is 726. The van der Waals surface area contributed by atoms with Crippen molar-refractivity contribution in [3.8, 4) is 0 Å². The van der Waals surface area contributed by atoms with E-state index < -0.39 is 6.03 Å². The van der Waals surface area contributed by atoms with E-state index in [9.17, 15) is 9.59 Å². The Morgan fingerprint density at radius 1 is 1.17 bits per heavy atom. The average molecular weight is 367 g/mol. The van der Waals surface area contributed by atoms with Crippen molar-refractivity contribution >= 4 is 45.7 Å². The fourth-order valence-corrected chi connectivity index (χ4v) is 3.15. The fourth-order valence-electron chi connectivity index (χ4n) is 2.10. The number of carbonyl (C=O) groups is 2. The van der Waals surface area contributed by atoms with E-state index in [4.69, 9.17) is 11.6 Å². The standard InChI is InChI=1S/C16H19ClN4O2S/c1-4-21(5-2)14(22)13-10(3)18-16(24-13)20-15(23)19-12-8-6-11(17)7-9-12/h6-9H,4-5H2,1-3H3,(H2,18,19,20,23). The van der Waals surface area contributed by atoms with Crippen LogP contribution in [-0.2, 0) is 0 Å². The van der Waals surface area contributed by atoms with Gasteiger partial charge in [0.15, 0.2) is 5.13 Å². The highest BCUT2D eigenvalue weighted by molar-refractivity contribution is 7.17. The van der Waals surface area contributed by atoms with Crippen LogP contribution in [0.5, 0.6) is 0 Å². The van der Waals surface area contributed by atoms with E-state index in [0.29, 0.717) is 39.5 Å². The molecule has 128 valence electrons. The first kappa shape index (κ1) is 18.2. The lowest BCUT2D eigenvalue weighted by Crippen LogP contribution is -2.30. The van der Waals surface area contributed by atoms with Gasteiger partial charge in [0.2, 0.25) is 0 Å². The van der Waals surface area contributed by atoms with Gasteiger partial charge >= 0.3 is 6.03 Å². The number of benzene rings is 1. The summed E-state index contributed by atoms with van der Waals surface area (Å²) in [4.78, 5) is 30.9. The van der Waals surface area contributed by atoms with Gasteiger partial charge in [0.05, 0.1) is 5.69 Å². The van der Waals surface area contributed by atoms with Crippen LogP contribution in [0.2, 0.25) is 5.02 Å². The Hall–Kier alpha value is -2.12. The first-order chi connectivity index (χ1) is 11.4. The SMILES string of the molecule is CCN(CC)C(=O)c1sc(NC(=O)Nc2ccc(Cl)cc2)nc1C. The summed E-state index contributed by atoms with van der Waals surface area (Å²) in [5, 5.41) is 6.31. The molecule has 0 saturated heterocycles. The van der Waals surface area contributed by atoms with Crippen LogP contribution in [0.1, 0.15) is 29.2 Å². The summed E-state index contributed by atoms with van der Waals surface area (Å²) < 4.78 is 0. The van der Waals surface area contributed by atoms with Gasteiger partial charge in [0.25, 0.3) is 5.91 Å². The van der Waals surface area contributed by atoms with Crippen LogP contribution < -0.4 is 10.6 Å². The molecule has 0 aliphatic carbocycles. The Morgan fingerprint density at radius 2 is 1.79 bits per heavy atom. The lowest BCUT2D eigenvalue weighted by molar-refractivity contribution is 0.0777. The Balaban J connectivity index is 2.05. The van der Waals surface area contributed by atoms with Crippen LogP contribution in [-0.4, -0.2) is 34.9 Å². The molecule has 0 saturated carbocycles. The summed E-state index contributed by atoms with van der Waals surface area (Å²) in [5.41, 5.74) is 1.23. The molecule has 0 atom stereocenters. The molecule has 0 radical (unpaired) electrons. The third-order valence-corrected chi connectivity index (χ3v) is 4.68. The summed E-state index contributed by atoms with van der Waals surface area (Å²) in [5.74, 6) is -0.0684. The van der Waals surface area contributed by atoms with Gasteiger partial charge in [0.1, 0.15) is 4.88 Å². The molecule has 1 aromatic carbocycles. The zero-order valence-corrected chi connectivity index (χ0v) is 15.3. The van der Waals surface area contributed by atoms with Crippen LogP contribution >= 0.6 is 22.9 Å². The monoisotopic (exact) mass is 366 g/mol. The minimum absolute atomic E-state index is 0.0684. The second kappa shape index (κ2) is 8.12. The smallest absolute Gasteiger partial charge is 0.325 e. The number of amides is 3. The minimum Gasteiger partial charge on any atom is -0.338 e. The van der Waals surface area contributed by atoms with E-state index in [2.05, 4.69) is 15.6 Å². The second-order valence-corrected chi connectivity index (χ2v) is 6.43. The van der Waals surface area contributed by atoms with Gasteiger partial charge in [-0.2, -0.15) is 0 Å². The molecule has 0 aliphatic rings. The van der Waals surface area contributed by atoms with Gasteiger partial charge in [-0.05, 0) is 45.0 Å². The Morgan fingerprint density at radius 3 is 2.38 bits per heavy atom. The van der Waals surface area contributed by atoms with Crippen LogP contribution in [0.3, 0.4) is 0 Å². The highest BCUT2D eigenvalue weighted by atomic mass is 35.5. The van der Waals surface area contributed by atoms with Crippen LogP contribution in [0.4, 0.5) is 15.6 Å². The maximum absolute atomic E-state index is 12.4. The number of aryl methyl sites for hydroxylation is 1. The molecule has 1 heterocycles. The van der Waals surface area contributed by atoms with Crippen LogP contribution in [0.15, 0.2) is 24.3 Å². The largest absolute Gasteiger partial charge is 0.338 e. The van der Waals surface area contributed by atoms with Crippen LogP contribution in [0, 0.1) is 6.92 Å². The lowest BCUT2D eigenvalue weighted by atomic mass is 10.3. The van der Waals surface area contributed by atoms with E-state index in [1.165, 1.54) is 11.3 Å². The maximum Gasteiger partial charge on any atom is 0.325 e. The highest BCUT2D eigenvalue weighted by Crippen LogP contribution is 2.24. The van der Waals surface area contributed by atoms with Crippen molar-refractivity contribution in [2.45, 2.75) is 20.8 Å². The van der Waals surface area contributed by atoms with E-state index in [1.807, 2.05) is 13.8 Å². The number of thiazole rings is 1. The molecule has 8 heteroatoms. The Labute approximate surface area is 149 Å². The number of nitrogens with zero attached hydrogens (tertiary/aromatic N) is 2. The van der Waals surface area contributed by atoms with Gasteiger partial charge in [-0.1, -0.05) is 22.9 Å². The first-order valence-corrected chi connectivity index (χ1v) is 8.74. The van der Waals surface area contributed by atoms with Crippen molar-refractivity contribution in [1.82, 2.24) is 9.88 Å². The fraction of sp³-hybridized carbons (Fsp3) is 0.312. The molecule has 0 spiro atoms. The first-order valence-electron chi connectivity index (χ1n) is 7.54. The van der Waals surface area contributed by atoms with Crippen molar-refractivity contribution in [2.75, 3.05) is 23.7 Å². The Kier molecular flexibility index (Phi) is 6.16. The molecule has 0 unspecified atom stereocenters. The summed E-state index contributed by atoms with van der Waals surface area (Å²) in [7, 11) is 0. The second-order valence-electron chi connectivity index (χ2n) is 5.00. The third kappa shape index (κ3) is 4.46.